The molecule has 0 aliphatic heterocycles. The molecule has 20 heavy (non-hydrogen) atoms. The Balaban J connectivity index is 2.23. The van der Waals surface area contributed by atoms with E-state index in [1.165, 1.54) is 11.8 Å². The number of nitrogens with zero attached hydrogens (tertiary/aromatic N) is 1. The van der Waals surface area contributed by atoms with Gasteiger partial charge in [0.2, 0.25) is 0 Å². The average molecular weight is 292 g/mol. The number of carbonyl (C=O) groups excluding carboxylic acids is 2. The minimum Gasteiger partial charge on any atom is -0.455 e. The predicted molar refractivity (Wildman–Crippen MR) is 76.1 cm³/mol. The SMILES string of the molecule is Cc1ccccc1SCC(=O)OCC(=O)NCCC#N. The second-order valence-corrected chi connectivity index (χ2v) is 4.99. The standard InChI is InChI=1S/C14H16N2O3S/c1-11-5-2-3-6-12(11)20-10-14(18)19-9-13(17)16-8-4-7-15/h2-3,5-6H,4,8-10H2,1H3,(H,16,17). The Hall–Kier alpha value is -2.00. The van der Waals surface area contributed by atoms with E-state index in [0.717, 1.165) is 10.5 Å². The van der Waals surface area contributed by atoms with Crippen molar-refractivity contribution < 1.29 is 14.3 Å². The zero-order valence-corrected chi connectivity index (χ0v) is 12.0. The molecule has 1 aromatic rings. The van der Waals surface area contributed by atoms with Gasteiger partial charge in [-0.3, -0.25) is 9.59 Å². The topological polar surface area (TPSA) is 79.2 Å². The molecule has 0 bridgehead atoms. The molecule has 0 spiro atoms. The van der Waals surface area contributed by atoms with E-state index >= 15 is 0 Å². The van der Waals surface area contributed by atoms with Gasteiger partial charge in [0.25, 0.3) is 5.91 Å². The number of amides is 1. The number of ether oxygens (including phenoxy) is 1. The molecule has 1 rings (SSSR count). The van der Waals surface area contributed by atoms with E-state index in [0.29, 0.717) is 0 Å². The normalized spacial score (nSPS) is 9.60. The first-order valence-electron chi connectivity index (χ1n) is 6.11. The summed E-state index contributed by atoms with van der Waals surface area (Å²) in [4.78, 5) is 23.7. The third-order valence-electron chi connectivity index (χ3n) is 2.36. The van der Waals surface area contributed by atoms with Crippen LogP contribution in [-0.2, 0) is 14.3 Å². The lowest BCUT2D eigenvalue weighted by atomic mass is 10.2. The molecule has 0 aliphatic rings. The van der Waals surface area contributed by atoms with Gasteiger partial charge in [-0.05, 0) is 18.6 Å². The highest BCUT2D eigenvalue weighted by molar-refractivity contribution is 8.00. The van der Waals surface area contributed by atoms with Crippen LogP contribution in [-0.4, -0.2) is 30.8 Å². The molecule has 1 aromatic carbocycles. The first-order valence-corrected chi connectivity index (χ1v) is 7.09. The minimum atomic E-state index is -0.436. The van der Waals surface area contributed by atoms with E-state index in [2.05, 4.69) is 5.32 Å². The molecule has 0 atom stereocenters. The Morgan fingerprint density at radius 1 is 1.40 bits per heavy atom. The fraction of sp³-hybridized carbons (Fsp3) is 0.357. The fourth-order valence-electron chi connectivity index (χ4n) is 1.35. The quantitative estimate of drug-likeness (QED) is 0.470. The summed E-state index contributed by atoms with van der Waals surface area (Å²) in [6, 6.07) is 9.65. The number of carbonyl (C=O) groups is 2. The van der Waals surface area contributed by atoms with Gasteiger partial charge in [0, 0.05) is 11.4 Å². The van der Waals surface area contributed by atoms with Gasteiger partial charge in [0.15, 0.2) is 6.61 Å². The van der Waals surface area contributed by atoms with Crippen LogP contribution in [0.4, 0.5) is 0 Å². The first kappa shape index (κ1) is 16.1. The van der Waals surface area contributed by atoms with Crippen LogP contribution in [0.1, 0.15) is 12.0 Å². The maximum atomic E-state index is 11.5. The summed E-state index contributed by atoms with van der Waals surface area (Å²) in [7, 11) is 0. The Morgan fingerprint density at radius 2 is 2.15 bits per heavy atom. The summed E-state index contributed by atoms with van der Waals surface area (Å²) in [5, 5.41) is 10.8. The summed E-state index contributed by atoms with van der Waals surface area (Å²) in [6.45, 7) is 1.93. The van der Waals surface area contributed by atoms with Crippen LogP contribution in [0, 0.1) is 18.3 Å². The van der Waals surface area contributed by atoms with Crippen LogP contribution in [0.5, 0.6) is 0 Å². The summed E-state index contributed by atoms with van der Waals surface area (Å²) in [5.41, 5.74) is 1.10. The highest BCUT2D eigenvalue weighted by atomic mass is 32.2. The zero-order chi connectivity index (χ0) is 14.8. The molecule has 106 valence electrons. The van der Waals surface area contributed by atoms with Gasteiger partial charge < -0.3 is 10.1 Å². The van der Waals surface area contributed by atoms with Gasteiger partial charge in [0.05, 0.1) is 18.2 Å². The molecule has 0 fully saturated rings. The lowest BCUT2D eigenvalue weighted by molar-refractivity contribution is -0.145. The number of aryl methyl sites for hydroxylation is 1. The number of thioether (sulfide) groups is 1. The van der Waals surface area contributed by atoms with Crippen molar-refractivity contribution in [2.75, 3.05) is 18.9 Å². The summed E-state index contributed by atoms with van der Waals surface area (Å²) < 4.78 is 4.84. The molecule has 0 aromatic heterocycles. The number of hydrogen-bond donors (Lipinski definition) is 1. The van der Waals surface area contributed by atoms with Gasteiger partial charge in [0.1, 0.15) is 0 Å². The molecule has 0 saturated heterocycles. The minimum absolute atomic E-state index is 0.163. The van der Waals surface area contributed by atoms with E-state index < -0.39 is 11.9 Å². The third-order valence-corrected chi connectivity index (χ3v) is 3.51. The van der Waals surface area contributed by atoms with Crippen molar-refractivity contribution >= 4 is 23.6 Å². The maximum Gasteiger partial charge on any atom is 0.316 e. The van der Waals surface area contributed by atoms with Gasteiger partial charge in [-0.15, -0.1) is 11.8 Å². The van der Waals surface area contributed by atoms with Crippen molar-refractivity contribution in [2.24, 2.45) is 0 Å². The van der Waals surface area contributed by atoms with Crippen molar-refractivity contribution in [2.45, 2.75) is 18.2 Å². The lowest BCUT2D eigenvalue weighted by Crippen LogP contribution is -2.29. The monoisotopic (exact) mass is 292 g/mol. The van der Waals surface area contributed by atoms with E-state index in [1.54, 1.807) is 0 Å². The van der Waals surface area contributed by atoms with Crippen LogP contribution in [0.2, 0.25) is 0 Å². The smallest absolute Gasteiger partial charge is 0.316 e. The second-order valence-electron chi connectivity index (χ2n) is 3.97. The van der Waals surface area contributed by atoms with Crippen molar-refractivity contribution in [1.29, 1.82) is 5.26 Å². The van der Waals surface area contributed by atoms with Crippen LogP contribution in [0.15, 0.2) is 29.2 Å². The molecule has 0 saturated carbocycles. The molecule has 5 nitrogen and oxygen atoms in total. The summed E-state index contributed by atoms with van der Waals surface area (Å²) in [6.07, 6.45) is 0.239. The molecule has 1 N–H and O–H groups in total. The van der Waals surface area contributed by atoms with Crippen molar-refractivity contribution in [3.63, 3.8) is 0 Å². The lowest BCUT2D eigenvalue weighted by Gasteiger charge is -2.06. The van der Waals surface area contributed by atoms with Crippen LogP contribution in [0.3, 0.4) is 0 Å². The average Bonchev–Trinajstić information content (AvgIpc) is 2.44. The number of hydrogen-bond acceptors (Lipinski definition) is 5. The number of esters is 1. The first-order chi connectivity index (χ1) is 9.63. The van der Waals surface area contributed by atoms with Gasteiger partial charge in [-0.25, -0.2) is 0 Å². The third kappa shape index (κ3) is 6.25. The predicted octanol–water partition coefficient (Wildman–Crippen LogP) is 1.66. The van der Waals surface area contributed by atoms with Crippen LogP contribution >= 0.6 is 11.8 Å². The number of nitriles is 1. The van der Waals surface area contributed by atoms with Crippen molar-refractivity contribution in [3.8, 4) is 6.07 Å². The largest absolute Gasteiger partial charge is 0.455 e. The van der Waals surface area contributed by atoms with E-state index in [1.807, 2.05) is 37.3 Å². The van der Waals surface area contributed by atoms with Crippen LogP contribution in [0.25, 0.3) is 0 Å². The highest BCUT2D eigenvalue weighted by Crippen LogP contribution is 2.21. The van der Waals surface area contributed by atoms with Crippen molar-refractivity contribution in [1.82, 2.24) is 5.32 Å². The Bertz CT molecular complexity index is 511. The maximum absolute atomic E-state index is 11.5. The molecule has 6 heteroatoms. The number of nitrogens with one attached hydrogen (secondary N) is 1. The fourth-order valence-corrected chi connectivity index (χ4v) is 2.18. The van der Waals surface area contributed by atoms with Crippen molar-refractivity contribution in [3.05, 3.63) is 29.8 Å². The van der Waals surface area contributed by atoms with Gasteiger partial charge in [-0.2, -0.15) is 5.26 Å². The Labute approximate surface area is 122 Å². The summed E-state index contributed by atoms with van der Waals surface area (Å²) >= 11 is 1.38. The molecule has 0 unspecified atom stereocenters. The van der Waals surface area contributed by atoms with E-state index in [4.69, 9.17) is 10.00 Å². The Kier molecular flexibility index (Phi) is 7.22. The molecular formula is C14H16N2O3S. The molecule has 1 amide bonds. The van der Waals surface area contributed by atoms with E-state index in [9.17, 15) is 9.59 Å². The molecule has 0 aliphatic carbocycles. The molecule has 0 heterocycles. The number of rotatable bonds is 7. The molecule has 0 radical (unpaired) electrons. The number of benzene rings is 1. The van der Waals surface area contributed by atoms with Gasteiger partial charge in [-0.1, -0.05) is 18.2 Å². The van der Waals surface area contributed by atoms with E-state index in [-0.39, 0.29) is 25.3 Å². The second kappa shape index (κ2) is 8.99. The zero-order valence-electron chi connectivity index (χ0n) is 11.2. The van der Waals surface area contributed by atoms with Crippen LogP contribution < -0.4 is 5.32 Å². The summed E-state index contributed by atoms with van der Waals surface area (Å²) in [5.74, 6) is -0.667. The molecular weight excluding hydrogens is 276 g/mol. The highest BCUT2D eigenvalue weighted by Gasteiger charge is 2.08. The van der Waals surface area contributed by atoms with Gasteiger partial charge >= 0.3 is 5.97 Å². The Morgan fingerprint density at radius 3 is 2.85 bits per heavy atom.